The van der Waals surface area contributed by atoms with Crippen LogP contribution in [-0.4, -0.2) is 76.7 Å². The first-order chi connectivity index (χ1) is 15.6. The number of ether oxygens (including phenoxy) is 1. The highest BCUT2D eigenvalue weighted by molar-refractivity contribution is 6.00. The number of nitrogens with zero attached hydrogens (tertiary/aromatic N) is 4. The molecule has 2 aromatic rings. The summed E-state index contributed by atoms with van der Waals surface area (Å²) < 4.78 is 6.60. The van der Waals surface area contributed by atoms with Crippen molar-refractivity contribution >= 4 is 17.7 Å². The number of aromatic nitrogens is 2. The van der Waals surface area contributed by atoms with Crippen LogP contribution in [0.25, 0.3) is 0 Å². The fraction of sp³-hybridized carbons (Fsp3) is 0.478. The quantitative estimate of drug-likeness (QED) is 0.656. The van der Waals surface area contributed by atoms with E-state index in [1.54, 1.807) is 27.7 Å². The van der Waals surface area contributed by atoms with E-state index in [1.165, 1.54) is 0 Å². The number of carbonyl (C=O) groups excluding carboxylic acids is 3. The molecule has 1 saturated heterocycles. The van der Waals surface area contributed by atoms with Gasteiger partial charge in [0.15, 0.2) is 5.69 Å². The third-order valence-electron chi connectivity index (χ3n) is 5.94. The Morgan fingerprint density at radius 1 is 1.16 bits per heavy atom. The Bertz CT molecular complexity index is 974. The highest BCUT2D eigenvalue weighted by Crippen LogP contribution is 2.22. The highest BCUT2D eigenvalue weighted by atomic mass is 16.5. The van der Waals surface area contributed by atoms with Crippen molar-refractivity contribution in [2.24, 2.45) is 0 Å². The number of benzene rings is 1. The molecule has 0 bridgehead atoms. The lowest BCUT2D eigenvalue weighted by atomic mass is 10.2. The SMILES string of the molecule is COCCNC(=O)[C@H]1CCCN1C(=O)c1cc2n(n1)CCCN(Cc1ccccc1)C2=O. The van der Waals surface area contributed by atoms with Crippen LogP contribution in [0.1, 0.15) is 45.8 Å². The number of hydrogen-bond acceptors (Lipinski definition) is 5. The summed E-state index contributed by atoms with van der Waals surface area (Å²) in [5.41, 5.74) is 1.69. The molecule has 9 nitrogen and oxygen atoms in total. The molecule has 3 heterocycles. The summed E-state index contributed by atoms with van der Waals surface area (Å²) in [5, 5.41) is 7.25. The first-order valence-electron chi connectivity index (χ1n) is 11.1. The van der Waals surface area contributed by atoms with E-state index in [0.29, 0.717) is 51.4 Å². The number of nitrogens with one attached hydrogen (secondary N) is 1. The Balaban J connectivity index is 1.48. The van der Waals surface area contributed by atoms with Crippen molar-refractivity contribution in [2.45, 2.75) is 38.4 Å². The molecule has 2 aliphatic heterocycles. The van der Waals surface area contributed by atoms with Crippen molar-refractivity contribution in [2.75, 3.05) is 33.4 Å². The molecule has 0 spiro atoms. The number of amides is 3. The monoisotopic (exact) mass is 439 g/mol. The topological polar surface area (TPSA) is 96.8 Å². The molecule has 170 valence electrons. The van der Waals surface area contributed by atoms with E-state index in [0.717, 1.165) is 18.4 Å². The number of likely N-dealkylation sites (tertiary alicyclic amines) is 1. The molecule has 0 radical (unpaired) electrons. The van der Waals surface area contributed by atoms with E-state index >= 15 is 0 Å². The predicted octanol–water partition coefficient (Wildman–Crippen LogP) is 1.30. The maximum atomic E-state index is 13.2. The summed E-state index contributed by atoms with van der Waals surface area (Å²) in [6, 6.07) is 10.9. The van der Waals surface area contributed by atoms with Crippen molar-refractivity contribution < 1.29 is 19.1 Å². The average molecular weight is 440 g/mol. The number of hydrogen-bond donors (Lipinski definition) is 1. The van der Waals surface area contributed by atoms with Crippen LogP contribution >= 0.6 is 0 Å². The van der Waals surface area contributed by atoms with Gasteiger partial charge in [-0.1, -0.05) is 30.3 Å². The standard InChI is InChI=1S/C23H29N5O4/c1-32-14-10-24-21(29)19-9-5-12-27(19)22(30)18-15-20-23(31)26(11-6-13-28(20)25-18)16-17-7-3-2-4-8-17/h2-4,7-8,15,19H,5-6,9-14,16H2,1H3,(H,24,29)/t19-/m1/s1. The molecule has 3 amide bonds. The molecule has 1 N–H and O–H groups in total. The smallest absolute Gasteiger partial charge is 0.275 e. The first kappa shape index (κ1) is 22.0. The molecule has 1 aromatic carbocycles. The Labute approximate surface area is 187 Å². The van der Waals surface area contributed by atoms with Gasteiger partial charge in [-0.05, 0) is 24.8 Å². The molecule has 1 fully saturated rings. The Morgan fingerprint density at radius 2 is 1.97 bits per heavy atom. The van der Waals surface area contributed by atoms with E-state index in [1.807, 2.05) is 30.3 Å². The summed E-state index contributed by atoms with van der Waals surface area (Å²) in [5.74, 6) is -0.621. The summed E-state index contributed by atoms with van der Waals surface area (Å²) in [4.78, 5) is 42.3. The van der Waals surface area contributed by atoms with Crippen LogP contribution in [-0.2, 0) is 22.6 Å². The van der Waals surface area contributed by atoms with Crippen LogP contribution in [0.15, 0.2) is 36.4 Å². The lowest BCUT2D eigenvalue weighted by Crippen LogP contribution is -2.46. The lowest BCUT2D eigenvalue weighted by molar-refractivity contribution is -0.125. The number of fused-ring (bicyclic) bond motifs is 1. The van der Waals surface area contributed by atoms with Crippen LogP contribution in [0.5, 0.6) is 0 Å². The molecular weight excluding hydrogens is 410 g/mol. The van der Waals surface area contributed by atoms with Crippen molar-refractivity contribution in [3.63, 3.8) is 0 Å². The van der Waals surface area contributed by atoms with Crippen molar-refractivity contribution in [1.82, 2.24) is 24.9 Å². The van der Waals surface area contributed by atoms with Crippen molar-refractivity contribution in [1.29, 1.82) is 0 Å². The van der Waals surface area contributed by atoms with Gasteiger partial charge in [-0.3, -0.25) is 19.1 Å². The van der Waals surface area contributed by atoms with Gasteiger partial charge in [-0.2, -0.15) is 5.10 Å². The van der Waals surface area contributed by atoms with Crippen LogP contribution in [0.4, 0.5) is 0 Å². The molecule has 0 saturated carbocycles. The molecule has 2 aliphatic rings. The summed E-state index contributed by atoms with van der Waals surface area (Å²) in [6.45, 7) is 3.04. The second kappa shape index (κ2) is 9.95. The van der Waals surface area contributed by atoms with Crippen LogP contribution in [0, 0.1) is 0 Å². The van der Waals surface area contributed by atoms with Gasteiger partial charge in [0.05, 0.1) is 6.61 Å². The zero-order chi connectivity index (χ0) is 22.5. The normalized spacial score (nSPS) is 18.4. The minimum atomic E-state index is -0.522. The molecule has 1 atom stereocenters. The second-order valence-electron chi connectivity index (χ2n) is 8.14. The van der Waals surface area contributed by atoms with E-state index in [4.69, 9.17) is 4.74 Å². The van der Waals surface area contributed by atoms with Gasteiger partial charge in [0.2, 0.25) is 5.91 Å². The van der Waals surface area contributed by atoms with E-state index in [9.17, 15) is 14.4 Å². The van der Waals surface area contributed by atoms with Crippen LogP contribution < -0.4 is 5.32 Å². The number of carbonyl (C=O) groups is 3. The lowest BCUT2D eigenvalue weighted by Gasteiger charge is -2.23. The van der Waals surface area contributed by atoms with Crippen molar-refractivity contribution in [3.05, 3.63) is 53.3 Å². The highest BCUT2D eigenvalue weighted by Gasteiger charge is 2.36. The van der Waals surface area contributed by atoms with Gasteiger partial charge in [0.1, 0.15) is 11.7 Å². The maximum absolute atomic E-state index is 13.2. The van der Waals surface area contributed by atoms with Gasteiger partial charge in [0.25, 0.3) is 11.8 Å². The first-order valence-corrected chi connectivity index (χ1v) is 11.1. The zero-order valence-corrected chi connectivity index (χ0v) is 18.3. The average Bonchev–Trinajstić information content (AvgIpc) is 3.43. The van der Waals surface area contributed by atoms with Crippen LogP contribution in [0.2, 0.25) is 0 Å². The number of aryl methyl sites for hydroxylation is 1. The largest absolute Gasteiger partial charge is 0.383 e. The third-order valence-corrected chi connectivity index (χ3v) is 5.94. The summed E-state index contributed by atoms with van der Waals surface area (Å²) >= 11 is 0. The van der Waals surface area contributed by atoms with Crippen LogP contribution in [0.3, 0.4) is 0 Å². The van der Waals surface area contributed by atoms with E-state index in [2.05, 4.69) is 10.4 Å². The molecule has 1 aromatic heterocycles. The maximum Gasteiger partial charge on any atom is 0.275 e. The van der Waals surface area contributed by atoms with E-state index in [-0.39, 0.29) is 23.4 Å². The molecular formula is C23H29N5O4. The van der Waals surface area contributed by atoms with E-state index < -0.39 is 6.04 Å². The minimum Gasteiger partial charge on any atom is -0.383 e. The van der Waals surface area contributed by atoms with Gasteiger partial charge < -0.3 is 19.9 Å². The number of methoxy groups -OCH3 is 1. The summed E-state index contributed by atoms with van der Waals surface area (Å²) in [7, 11) is 1.57. The molecule has 0 aliphatic carbocycles. The van der Waals surface area contributed by atoms with Gasteiger partial charge in [0, 0.05) is 45.9 Å². The molecule has 32 heavy (non-hydrogen) atoms. The van der Waals surface area contributed by atoms with Crippen molar-refractivity contribution in [3.8, 4) is 0 Å². The zero-order valence-electron chi connectivity index (χ0n) is 18.3. The number of rotatable bonds is 7. The predicted molar refractivity (Wildman–Crippen MR) is 117 cm³/mol. The van der Waals surface area contributed by atoms with Gasteiger partial charge in [-0.15, -0.1) is 0 Å². The fourth-order valence-corrected chi connectivity index (χ4v) is 4.32. The molecule has 9 heteroatoms. The molecule has 4 rings (SSSR count). The minimum absolute atomic E-state index is 0.131. The van der Waals surface area contributed by atoms with Gasteiger partial charge >= 0.3 is 0 Å². The second-order valence-corrected chi connectivity index (χ2v) is 8.14. The third kappa shape index (κ3) is 4.67. The fourth-order valence-electron chi connectivity index (χ4n) is 4.32. The summed E-state index contributed by atoms with van der Waals surface area (Å²) in [6.07, 6.45) is 2.13. The van der Waals surface area contributed by atoms with Gasteiger partial charge in [-0.25, -0.2) is 0 Å². The molecule has 0 unspecified atom stereocenters. The Morgan fingerprint density at radius 3 is 2.75 bits per heavy atom. The Hall–Kier alpha value is -3.20. The Kier molecular flexibility index (Phi) is 6.84.